The monoisotopic (exact) mass is 310 g/mol. The lowest BCUT2D eigenvalue weighted by Crippen LogP contribution is -2.34. The number of ketones is 1. The van der Waals surface area contributed by atoms with E-state index in [9.17, 15) is 14.4 Å². The van der Waals surface area contributed by atoms with E-state index >= 15 is 0 Å². The van der Waals surface area contributed by atoms with Crippen LogP contribution in [0.15, 0.2) is 24.3 Å². The number of amides is 2. The maximum absolute atomic E-state index is 11.9. The van der Waals surface area contributed by atoms with Gasteiger partial charge >= 0.3 is 0 Å². The molecule has 2 amide bonds. The molecule has 1 aromatic carbocycles. The summed E-state index contributed by atoms with van der Waals surface area (Å²) in [6.07, 6.45) is 0.241. The number of hydrogen-bond acceptors (Lipinski definition) is 3. The Balaban J connectivity index is 0.00000400. The van der Waals surface area contributed by atoms with Crippen molar-refractivity contribution in [1.82, 2.24) is 5.32 Å². The van der Waals surface area contributed by atoms with Crippen LogP contribution in [0.3, 0.4) is 0 Å². The van der Waals surface area contributed by atoms with Crippen LogP contribution in [0.1, 0.15) is 24.5 Å². The number of benzene rings is 1. The summed E-state index contributed by atoms with van der Waals surface area (Å²) in [6, 6.07) is 7.98. The number of Topliss-reactive ketones (excluding diaryl/α,β-unsaturated/α-hetero) is 1. The van der Waals surface area contributed by atoms with Crippen LogP contribution < -0.4 is 11.1 Å². The molecular formula is C15H22N2O3S. The molecule has 6 heteroatoms. The molecule has 0 heterocycles. The van der Waals surface area contributed by atoms with E-state index in [1.54, 1.807) is 0 Å². The normalized spacial score (nSPS) is 11.1. The Kier molecular flexibility index (Phi) is 8.38. The van der Waals surface area contributed by atoms with Gasteiger partial charge in [-0.1, -0.05) is 36.8 Å². The first-order valence-electron chi connectivity index (χ1n) is 6.51. The van der Waals surface area contributed by atoms with E-state index in [1.807, 2.05) is 38.1 Å². The van der Waals surface area contributed by atoms with Crippen molar-refractivity contribution in [2.75, 3.05) is 6.54 Å². The minimum absolute atomic E-state index is 0. The maximum Gasteiger partial charge on any atom is 0.229 e. The molecule has 0 saturated carbocycles. The molecule has 0 aliphatic carbocycles. The molecule has 5 nitrogen and oxygen atoms in total. The minimum Gasteiger partial charge on any atom is -0.369 e. The van der Waals surface area contributed by atoms with E-state index in [4.69, 9.17) is 5.73 Å². The van der Waals surface area contributed by atoms with Gasteiger partial charge in [0.05, 0.1) is 6.54 Å². The predicted octanol–water partition coefficient (Wildman–Crippen LogP) is 0.847. The van der Waals surface area contributed by atoms with Gasteiger partial charge in [-0.15, -0.1) is 0 Å². The van der Waals surface area contributed by atoms with Crippen molar-refractivity contribution >= 4 is 31.1 Å². The number of nitrogens with two attached hydrogens (primary N) is 1. The molecule has 21 heavy (non-hydrogen) atoms. The van der Waals surface area contributed by atoms with Crippen LogP contribution in [-0.2, 0) is 20.8 Å². The van der Waals surface area contributed by atoms with Crippen LogP contribution in [0, 0.1) is 12.8 Å². The molecule has 0 spiro atoms. The van der Waals surface area contributed by atoms with Gasteiger partial charge in [0.15, 0.2) is 5.78 Å². The molecule has 1 rings (SSSR count). The Morgan fingerprint density at radius 1 is 1.19 bits per heavy atom. The fourth-order valence-electron chi connectivity index (χ4n) is 1.77. The van der Waals surface area contributed by atoms with Crippen LogP contribution >= 0.6 is 13.5 Å². The number of nitrogens with one attached hydrogen (secondary N) is 1. The topological polar surface area (TPSA) is 89.3 Å². The van der Waals surface area contributed by atoms with Crippen LogP contribution in [0.25, 0.3) is 0 Å². The Morgan fingerprint density at radius 2 is 1.76 bits per heavy atom. The molecule has 0 aromatic heterocycles. The van der Waals surface area contributed by atoms with Gasteiger partial charge in [-0.25, -0.2) is 0 Å². The summed E-state index contributed by atoms with van der Waals surface area (Å²) in [6.45, 7) is 3.76. The van der Waals surface area contributed by atoms with Gasteiger partial charge < -0.3 is 11.1 Å². The van der Waals surface area contributed by atoms with E-state index in [0.717, 1.165) is 5.56 Å². The quantitative estimate of drug-likeness (QED) is 0.732. The van der Waals surface area contributed by atoms with Crippen LogP contribution in [0.4, 0.5) is 0 Å². The van der Waals surface area contributed by atoms with Gasteiger partial charge in [0.25, 0.3) is 0 Å². The highest BCUT2D eigenvalue weighted by atomic mass is 32.1. The molecule has 1 atom stereocenters. The molecule has 0 saturated heterocycles. The fraction of sp³-hybridized carbons (Fsp3) is 0.400. The second-order valence-corrected chi connectivity index (χ2v) is 4.98. The second kappa shape index (κ2) is 9.18. The summed E-state index contributed by atoms with van der Waals surface area (Å²) in [7, 11) is 0. The Hall–Kier alpha value is -1.82. The van der Waals surface area contributed by atoms with Gasteiger partial charge in [-0.3, -0.25) is 14.4 Å². The lowest BCUT2D eigenvalue weighted by atomic mass is 9.96. The zero-order chi connectivity index (χ0) is 15.1. The van der Waals surface area contributed by atoms with Crippen molar-refractivity contribution in [2.24, 2.45) is 11.7 Å². The van der Waals surface area contributed by atoms with E-state index in [0.29, 0.717) is 6.42 Å². The molecule has 0 fully saturated rings. The SMILES string of the molecule is Cc1ccc(C[C@H](C)C(=O)CNC(=O)CC(N)=O)cc1.S. The van der Waals surface area contributed by atoms with E-state index in [2.05, 4.69) is 5.32 Å². The first-order valence-corrected chi connectivity index (χ1v) is 6.51. The van der Waals surface area contributed by atoms with Gasteiger partial charge in [0.2, 0.25) is 11.8 Å². The number of primary amides is 1. The number of carbonyl (C=O) groups is 3. The summed E-state index contributed by atoms with van der Waals surface area (Å²) >= 11 is 0. The van der Waals surface area contributed by atoms with Gasteiger partial charge in [0, 0.05) is 5.92 Å². The lowest BCUT2D eigenvalue weighted by molar-refractivity contribution is -0.130. The number of rotatable bonds is 7. The van der Waals surface area contributed by atoms with E-state index in [1.165, 1.54) is 5.56 Å². The summed E-state index contributed by atoms with van der Waals surface area (Å²) in [5.74, 6) is -1.48. The summed E-state index contributed by atoms with van der Waals surface area (Å²) < 4.78 is 0. The maximum atomic E-state index is 11.9. The average molecular weight is 310 g/mol. The zero-order valence-corrected chi connectivity index (χ0v) is 13.3. The standard InChI is InChI=1S/C15H20N2O3.H2S/c1-10-3-5-12(6-4-10)7-11(2)13(18)9-17-15(20)8-14(16)19;/h3-6,11H,7-9H2,1-2H3,(H2,16,19)(H,17,20);1H2/t11-;/m0./s1. The highest BCUT2D eigenvalue weighted by molar-refractivity contribution is 7.59. The molecule has 0 radical (unpaired) electrons. The first kappa shape index (κ1) is 19.2. The van der Waals surface area contributed by atoms with Gasteiger partial charge in [0.1, 0.15) is 6.42 Å². The fourth-order valence-corrected chi connectivity index (χ4v) is 1.77. The highest BCUT2D eigenvalue weighted by Gasteiger charge is 2.15. The summed E-state index contributed by atoms with van der Waals surface area (Å²) in [5, 5.41) is 2.40. The molecule has 0 bridgehead atoms. The number of carbonyl (C=O) groups excluding carboxylic acids is 3. The second-order valence-electron chi connectivity index (χ2n) is 4.98. The van der Waals surface area contributed by atoms with E-state index in [-0.39, 0.29) is 38.2 Å². The van der Waals surface area contributed by atoms with Crippen molar-refractivity contribution in [3.05, 3.63) is 35.4 Å². The molecule has 1 aromatic rings. The Bertz CT molecular complexity index is 500. The number of aryl methyl sites for hydroxylation is 1. The Labute approximate surface area is 131 Å². The van der Waals surface area contributed by atoms with Crippen LogP contribution in [-0.4, -0.2) is 24.1 Å². The zero-order valence-electron chi connectivity index (χ0n) is 12.3. The van der Waals surface area contributed by atoms with Gasteiger partial charge in [-0.05, 0) is 18.9 Å². The van der Waals surface area contributed by atoms with Crippen molar-refractivity contribution in [2.45, 2.75) is 26.7 Å². The van der Waals surface area contributed by atoms with Crippen LogP contribution in [0.2, 0.25) is 0 Å². The molecule has 3 N–H and O–H groups in total. The first-order chi connectivity index (χ1) is 9.38. The molecule has 0 unspecified atom stereocenters. The third-order valence-corrected chi connectivity index (χ3v) is 3.01. The third-order valence-electron chi connectivity index (χ3n) is 3.01. The largest absolute Gasteiger partial charge is 0.369 e. The smallest absolute Gasteiger partial charge is 0.229 e. The van der Waals surface area contributed by atoms with Crippen molar-refractivity contribution in [1.29, 1.82) is 0 Å². The third kappa shape index (κ3) is 7.51. The van der Waals surface area contributed by atoms with Crippen molar-refractivity contribution < 1.29 is 14.4 Å². The molecule has 116 valence electrons. The molecular weight excluding hydrogens is 288 g/mol. The molecule has 0 aliphatic rings. The summed E-state index contributed by atoms with van der Waals surface area (Å²) in [5.41, 5.74) is 7.15. The highest BCUT2D eigenvalue weighted by Crippen LogP contribution is 2.10. The number of hydrogen-bond donors (Lipinski definition) is 2. The van der Waals surface area contributed by atoms with Crippen LogP contribution in [0.5, 0.6) is 0 Å². The predicted molar refractivity (Wildman–Crippen MR) is 86.3 cm³/mol. The lowest BCUT2D eigenvalue weighted by Gasteiger charge is -2.11. The van der Waals surface area contributed by atoms with Gasteiger partial charge in [-0.2, -0.15) is 13.5 Å². The minimum atomic E-state index is -0.706. The van der Waals surface area contributed by atoms with E-state index < -0.39 is 11.8 Å². The average Bonchev–Trinajstić information content (AvgIpc) is 2.37. The molecule has 0 aliphatic heterocycles. The summed E-state index contributed by atoms with van der Waals surface area (Å²) in [4.78, 5) is 33.6. The Morgan fingerprint density at radius 3 is 2.29 bits per heavy atom. The van der Waals surface area contributed by atoms with Crippen molar-refractivity contribution in [3.8, 4) is 0 Å². The van der Waals surface area contributed by atoms with Crippen molar-refractivity contribution in [3.63, 3.8) is 0 Å².